The van der Waals surface area contributed by atoms with Crippen LogP contribution in [-0.2, 0) is 4.84 Å². The Morgan fingerprint density at radius 1 is 1.19 bits per heavy atom. The lowest BCUT2D eigenvalue weighted by Gasteiger charge is -2.42. The summed E-state index contributed by atoms with van der Waals surface area (Å²) in [5.74, 6) is -4.17. The number of nitrogens with two attached hydrogens (primary N) is 2. The van der Waals surface area contributed by atoms with E-state index in [4.69, 9.17) is 27.9 Å². The molecule has 8 nitrogen and oxygen atoms in total. The largest absolute Gasteiger partial charge is 0.396 e. The molecule has 1 aliphatic heterocycles. The summed E-state index contributed by atoms with van der Waals surface area (Å²) in [4.78, 5) is 34.4. The van der Waals surface area contributed by atoms with Crippen LogP contribution in [-0.4, -0.2) is 39.2 Å². The highest BCUT2D eigenvalue weighted by atomic mass is 35.5. The van der Waals surface area contributed by atoms with Gasteiger partial charge in [0.2, 0.25) is 5.43 Å². The summed E-state index contributed by atoms with van der Waals surface area (Å²) in [6.45, 7) is 2.21. The molecule has 0 amide bonds. The van der Waals surface area contributed by atoms with Gasteiger partial charge in [-0.15, -0.1) is 5.06 Å². The number of fused-ring (bicyclic) bond motifs is 1. The quantitative estimate of drug-likeness (QED) is 0.461. The van der Waals surface area contributed by atoms with Crippen LogP contribution in [0.2, 0.25) is 5.15 Å². The number of halogens is 4. The predicted octanol–water partition coefficient (Wildman–Crippen LogP) is 2.14. The summed E-state index contributed by atoms with van der Waals surface area (Å²) in [6.07, 6.45) is 0.950. The third kappa shape index (κ3) is 3.71. The van der Waals surface area contributed by atoms with Crippen LogP contribution in [0.5, 0.6) is 0 Å². The first kappa shape index (κ1) is 21.1. The van der Waals surface area contributed by atoms with Crippen molar-refractivity contribution in [2.24, 2.45) is 5.73 Å². The summed E-state index contributed by atoms with van der Waals surface area (Å²) in [5, 5.41) is 0.285. The van der Waals surface area contributed by atoms with E-state index in [0.717, 1.165) is 22.9 Å². The van der Waals surface area contributed by atoms with Crippen LogP contribution in [0.15, 0.2) is 29.2 Å². The van der Waals surface area contributed by atoms with E-state index in [2.05, 4.69) is 4.98 Å². The second-order valence-electron chi connectivity index (χ2n) is 7.53. The van der Waals surface area contributed by atoms with E-state index in [-0.39, 0.29) is 29.8 Å². The Bertz CT molecular complexity index is 1300. The van der Waals surface area contributed by atoms with E-state index in [1.807, 2.05) is 0 Å². The average Bonchev–Trinajstić information content (AvgIpc) is 2.65. The van der Waals surface area contributed by atoms with Crippen molar-refractivity contribution in [3.8, 4) is 5.69 Å². The fourth-order valence-corrected chi connectivity index (χ4v) is 3.39. The van der Waals surface area contributed by atoms with E-state index in [0.29, 0.717) is 6.07 Å². The molecular weight excluding hydrogens is 439 g/mol. The first-order valence-corrected chi connectivity index (χ1v) is 9.27. The molecule has 1 aliphatic rings. The van der Waals surface area contributed by atoms with Crippen molar-refractivity contribution in [2.45, 2.75) is 12.5 Å². The number of carbonyl (C=O) groups is 1. The van der Waals surface area contributed by atoms with E-state index in [1.165, 1.54) is 5.06 Å². The molecule has 3 heterocycles. The molecule has 1 fully saturated rings. The topological polar surface area (TPSA) is 116 Å². The Hall–Kier alpha value is -3.15. The average molecular weight is 454 g/mol. The van der Waals surface area contributed by atoms with Gasteiger partial charge in [0.05, 0.1) is 29.9 Å². The number of nitrogen functional groups attached to an aromatic ring is 1. The van der Waals surface area contributed by atoms with Crippen LogP contribution in [0.1, 0.15) is 17.3 Å². The maximum atomic E-state index is 14.5. The molecule has 0 spiro atoms. The molecule has 0 bridgehead atoms. The number of rotatable bonds is 3. The highest BCUT2D eigenvalue weighted by Gasteiger charge is 2.38. The number of hydroxylamine groups is 2. The first-order valence-electron chi connectivity index (χ1n) is 8.89. The van der Waals surface area contributed by atoms with Gasteiger partial charge in [-0.25, -0.2) is 22.9 Å². The second kappa shape index (κ2) is 7.22. The highest BCUT2D eigenvalue weighted by Crippen LogP contribution is 2.26. The number of benzene rings is 1. The van der Waals surface area contributed by atoms with Gasteiger partial charge in [0.25, 0.3) is 0 Å². The minimum Gasteiger partial charge on any atom is -0.396 e. The van der Waals surface area contributed by atoms with Gasteiger partial charge >= 0.3 is 5.97 Å². The van der Waals surface area contributed by atoms with Gasteiger partial charge in [-0.2, -0.15) is 0 Å². The number of aromatic nitrogens is 2. The molecule has 1 aromatic carbocycles. The van der Waals surface area contributed by atoms with Gasteiger partial charge in [-0.05, 0) is 19.1 Å². The van der Waals surface area contributed by atoms with E-state index < -0.39 is 50.8 Å². The summed E-state index contributed by atoms with van der Waals surface area (Å²) >= 11 is 5.73. The normalized spacial score (nSPS) is 15.7. The van der Waals surface area contributed by atoms with Crippen LogP contribution < -0.4 is 16.9 Å². The van der Waals surface area contributed by atoms with Gasteiger partial charge in [0.1, 0.15) is 17.2 Å². The van der Waals surface area contributed by atoms with E-state index >= 15 is 0 Å². The Morgan fingerprint density at radius 2 is 1.87 bits per heavy atom. The number of pyridine rings is 2. The van der Waals surface area contributed by atoms with Crippen LogP contribution in [0.3, 0.4) is 0 Å². The van der Waals surface area contributed by atoms with Crippen molar-refractivity contribution < 1.29 is 22.8 Å². The standard InChI is InChI=1S/C19H15ClF3N5O3/c1-19(25)6-27(7-19)31-18(30)9-5-28(14-4-13(24)10(21)3-11(14)22)17-8(15(9)29)2-12(23)16(20)26-17/h2-5H,6-7,24-25H2,1H3. The molecule has 0 radical (unpaired) electrons. The molecule has 0 unspecified atom stereocenters. The number of hydrogen-bond donors (Lipinski definition) is 2. The molecule has 3 aromatic rings. The maximum Gasteiger partial charge on any atom is 0.362 e. The molecular formula is C19H15ClF3N5O3. The molecule has 0 saturated carbocycles. The summed E-state index contributed by atoms with van der Waals surface area (Å²) in [6, 6.07) is 2.24. The van der Waals surface area contributed by atoms with Gasteiger partial charge in [0, 0.05) is 17.8 Å². The smallest absolute Gasteiger partial charge is 0.362 e. The van der Waals surface area contributed by atoms with Crippen LogP contribution in [0, 0.1) is 17.5 Å². The molecule has 2 aromatic heterocycles. The van der Waals surface area contributed by atoms with Crippen molar-refractivity contribution in [1.29, 1.82) is 0 Å². The van der Waals surface area contributed by atoms with Crippen molar-refractivity contribution in [2.75, 3.05) is 18.8 Å². The number of carbonyl (C=O) groups excluding carboxylic acids is 1. The molecule has 0 aliphatic carbocycles. The molecule has 12 heteroatoms. The predicted molar refractivity (Wildman–Crippen MR) is 106 cm³/mol. The monoisotopic (exact) mass is 453 g/mol. The lowest BCUT2D eigenvalue weighted by molar-refractivity contribution is -0.177. The lowest BCUT2D eigenvalue weighted by atomic mass is 9.97. The first-order chi connectivity index (χ1) is 14.5. The van der Waals surface area contributed by atoms with E-state index in [1.54, 1.807) is 6.92 Å². The van der Waals surface area contributed by atoms with Crippen molar-refractivity contribution in [3.63, 3.8) is 0 Å². The SMILES string of the molecule is CC1(N)CN(OC(=O)c2cn(-c3cc(N)c(F)cc3F)c3nc(Cl)c(F)cc3c2=O)C1. The zero-order valence-electron chi connectivity index (χ0n) is 16.0. The number of nitrogens with zero attached hydrogens (tertiary/aromatic N) is 3. The van der Waals surface area contributed by atoms with Crippen LogP contribution in [0.4, 0.5) is 18.9 Å². The van der Waals surface area contributed by atoms with Crippen LogP contribution in [0.25, 0.3) is 16.7 Å². The van der Waals surface area contributed by atoms with Gasteiger partial charge < -0.3 is 16.3 Å². The Balaban J connectivity index is 1.92. The Kier molecular flexibility index (Phi) is 4.91. The van der Waals surface area contributed by atoms with Crippen molar-refractivity contribution in [1.82, 2.24) is 14.6 Å². The second-order valence-corrected chi connectivity index (χ2v) is 7.89. The Labute approximate surface area is 177 Å². The molecule has 0 atom stereocenters. The van der Waals surface area contributed by atoms with Crippen molar-refractivity contribution in [3.05, 3.63) is 62.8 Å². The third-order valence-corrected chi connectivity index (χ3v) is 4.99. The van der Waals surface area contributed by atoms with E-state index in [9.17, 15) is 22.8 Å². The minimum atomic E-state index is -1.07. The van der Waals surface area contributed by atoms with Gasteiger partial charge in [-0.1, -0.05) is 11.6 Å². The molecule has 31 heavy (non-hydrogen) atoms. The summed E-state index contributed by atoms with van der Waals surface area (Å²) < 4.78 is 43.2. The molecule has 162 valence electrons. The number of anilines is 1. The van der Waals surface area contributed by atoms with Gasteiger partial charge in [-0.3, -0.25) is 9.36 Å². The summed E-state index contributed by atoms with van der Waals surface area (Å²) in [7, 11) is 0. The fraction of sp³-hybridized carbons (Fsp3) is 0.211. The number of hydrogen-bond acceptors (Lipinski definition) is 7. The molecule has 4 N–H and O–H groups in total. The molecule has 1 saturated heterocycles. The molecule has 4 rings (SSSR count). The fourth-order valence-electron chi connectivity index (χ4n) is 3.26. The maximum absolute atomic E-state index is 14.5. The van der Waals surface area contributed by atoms with Gasteiger partial charge in [0.15, 0.2) is 16.6 Å². The lowest BCUT2D eigenvalue weighted by Crippen LogP contribution is -2.65. The Morgan fingerprint density at radius 3 is 2.52 bits per heavy atom. The highest BCUT2D eigenvalue weighted by molar-refractivity contribution is 6.29. The zero-order valence-corrected chi connectivity index (χ0v) is 16.7. The zero-order chi connectivity index (χ0) is 22.7. The third-order valence-electron chi connectivity index (χ3n) is 4.72. The van der Waals surface area contributed by atoms with Crippen molar-refractivity contribution >= 4 is 34.3 Å². The summed E-state index contributed by atoms with van der Waals surface area (Å²) in [5.41, 5.74) is 8.39. The van der Waals surface area contributed by atoms with Crippen LogP contribution >= 0.6 is 11.6 Å². The minimum absolute atomic E-state index is 0.232.